The number of aryl methyl sites for hydroxylation is 1. The van der Waals surface area contributed by atoms with Gasteiger partial charge in [0.1, 0.15) is 0 Å². The SMILES string of the molecule is COCCN1C(=O)C(C)(C)c2cc3c(C)nnc(Cl)c3cc21. The van der Waals surface area contributed by atoms with Crippen molar-refractivity contribution in [2.75, 3.05) is 25.2 Å². The number of ether oxygens (including phenoxy) is 1. The van der Waals surface area contributed by atoms with Crippen molar-refractivity contribution < 1.29 is 9.53 Å². The summed E-state index contributed by atoms with van der Waals surface area (Å²) < 4.78 is 5.12. The number of benzene rings is 1. The van der Waals surface area contributed by atoms with Gasteiger partial charge in [-0.3, -0.25) is 4.79 Å². The van der Waals surface area contributed by atoms with Gasteiger partial charge in [-0.05, 0) is 38.5 Å². The lowest BCUT2D eigenvalue weighted by Crippen LogP contribution is -2.37. The van der Waals surface area contributed by atoms with Crippen LogP contribution in [0.4, 0.5) is 5.69 Å². The Hall–Kier alpha value is -1.72. The third kappa shape index (κ3) is 2.08. The predicted octanol–water partition coefficient (Wildman–Crippen LogP) is 2.86. The molecular formula is C16H18ClN3O2. The molecule has 0 unspecified atom stereocenters. The molecule has 1 amide bonds. The van der Waals surface area contributed by atoms with Crippen LogP contribution in [0.5, 0.6) is 0 Å². The minimum absolute atomic E-state index is 0.0737. The zero-order valence-electron chi connectivity index (χ0n) is 13.1. The van der Waals surface area contributed by atoms with Crippen molar-refractivity contribution in [2.24, 2.45) is 0 Å². The molecule has 0 bridgehead atoms. The van der Waals surface area contributed by atoms with Crippen molar-refractivity contribution in [3.8, 4) is 0 Å². The van der Waals surface area contributed by atoms with Gasteiger partial charge in [0, 0.05) is 30.1 Å². The van der Waals surface area contributed by atoms with Gasteiger partial charge < -0.3 is 9.64 Å². The Kier molecular flexibility index (Phi) is 3.57. The Morgan fingerprint density at radius 2 is 2.00 bits per heavy atom. The highest BCUT2D eigenvalue weighted by atomic mass is 35.5. The second-order valence-electron chi connectivity index (χ2n) is 6.07. The van der Waals surface area contributed by atoms with Crippen LogP contribution < -0.4 is 4.90 Å². The van der Waals surface area contributed by atoms with E-state index >= 15 is 0 Å². The van der Waals surface area contributed by atoms with Crippen molar-refractivity contribution >= 4 is 34.0 Å². The van der Waals surface area contributed by atoms with Crippen LogP contribution in [0, 0.1) is 6.92 Å². The van der Waals surface area contributed by atoms with Crippen LogP contribution in [0.3, 0.4) is 0 Å². The van der Waals surface area contributed by atoms with Crippen LogP contribution in [-0.2, 0) is 14.9 Å². The van der Waals surface area contributed by atoms with Crippen molar-refractivity contribution in [1.29, 1.82) is 0 Å². The lowest BCUT2D eigenvalue weighted by Gasteiger charge is -2.19. The summed E-state index contributed by atoms with van der Waals surface area (Å²) in [5.74, 6) is 0.0737. The van der Waals surface area contributed by atoms with Crippen LogP contribution in [-0.4, -0.2) is 36.4 Å². The maximum atomic E-state index is 12.7. The van der Waals surface area contributed by atoms with Crippen molar-refractivity contribution in [3.05, 3.63) is 28.5 Å². The first-order chi connectivity index (χ1) is 10.4. The number of anilines is 1. The third-order valence-corrected chi connectivity index (χ3v) is 4.58. The molecule has 3 rings (SSSR count). The number of amides is 1. The van der Waals surface area contributed by atoms with Crippen molar-refractivity contribution in [1.82, 2.24) is 10.2 Å². The number of halogens is 1. The number of aromatic nitrogens is 2. The van der Waals surface area contributed by atoms with Crippen LogP contribution in [0.25, 0.3) is 10.8 Å². The number of carbonyl (C=O) groups excluding carboxylic acids is 1. The van der Waals surface area contributed by atoms with Gasteiger partial charge in [0.25, 0.3) is 0 Å². The maximum absolute atomic E-state index is 12.7. The molecule has 1 aliphatic rings. The first kappa shape index (κ1) is 15.2. The van der Waals surface area contributed by atoms with E-state index in [2.05, 4.69) is 10.2 Å². The summed E-state index contributed by atoms with van der Waals surface area (Å²) in [5.41, 5.74) is 2.11. The smallest absolute Gasteiger partial charge is 0.237 e. The van der Waals surface area contributed by atoms with Crippen LogP contribution >= 0.6 is 11.6 Å². The fourth-order valence-electron chi connectivity index (χ4n) is 2.98. The minimum Gasteiger partial charge on any atom is -0.383 e. The normalized spacial score (nSPS) is 16.4. The van der Waals surface area contributed by atoms with E-state index in [4.69, 9.17) is 16.3 Å². The second-order valence-corrected chi connectivity index (χ2v) is 6.42. The zero-order valence-corrected chi connectivity index (χ0v) is 13.9. The predicted molar refractivity (Wildman–Crippen MR) is 86.5 cm³/mol. The lowest BCUT2D eigenvalue weighted by atomic mass is 9.85. The summed E-state index contributed by atoms with van der Waals surface area (Å²) in [6.45, 7) is 6.79. The van der Waals surface area contributed by atoms with Gasteiger partial charge in [0.05, 0.1) is 17.7 Å². The number of methoxy groups -OCH3 is 1. The molecule has 2 aromatic rings. The number of hydrogen-bond donors (Lipinski definition) is 0. The molecule has 5 nitrogen and oxygen atoms in total. The van der Waals surface area contributed by atoms with Crippen molar-refractivity contribution in [2.45, 2.75) is 26.2 Å². The molecule has 0 N–H and O–H groups in total. The molecule has 22 heavy (non-hydrogen) atoms. The van der Waals surface area contributed by atoms with E-state index in [9.17, 15) is 4.79 Å². The molecule has 0 spiro atoms. The Labute approximate surface area is 134 Å². The third-order valence-electron chi connectivity index (χ3n) is 4.30. The van der Waals surface area contributed by atoms with Crippen LogP contribution in [0.15, 0.2) is 12.1 Å². The van der Waals surface area contributed by atoms with Gasteiger partial charge in [0.2, 0.25) is 5.91 Å². The Balaban J connectivity index is 2.26. The van der Waals surface area contributed by atoms with Crippen molar-refractivity contribution in [3.63, 3.8) is 0 Å². The highest BCUT2D eigenvalue weighted by Crippen LogP contribution is 2.44. The quantitative estimate of drug-likeness (QED) is 0.873. The number of nitrogens with zero attached hydrogens (tertiary/aromatic N) is 3. The molecular weight excluding hydrogens is 302 g/mol. The average Bonchev–Trinajstić information content (AvgIpc) is 2.68. The highest BCUT2D eigenvalue weighted by Gasteiger charge is 2.44. The van der Waals surface area contributed by atoms with E-state index in [1.807, 2.05) is 32.9 Å². The van der Waals surface area contributed by atoms with Gasteiger partial charge in [0.15, 0.2) is 5.15 Å². The first-order valence-corrected chi connectivity index (χ1v) is 7.53. The van der Waals surface area contributed by atoms with Gasteiger partial charge in [-0.15, -0.1) is 5.10 Å². The van der Waals surface area contributed by atoms with Crippen LogP contribution in [0.1, 0.15) is 25.1 Å². The summed E-state index contributed by atoms with van der Waals surface area (Å²) in [6.07, 6.45) is 0. The zero-order chi connectivity index (χ0) is 16.1. The first-order valence-electron chi connectivity index (χ1n) is 7.16. The molecule has 116 valence electrons. The van der Waals surface area contributed by atoms with E-state index in [1.165, 1.54) is 0 Å². The van der Waals surface area contributed by atoms with E-state index in [0.29, 0.717) is 18.3 Å². The van der Waals surface area contributed by atoms with E-state index in [-0.39, 0.29) is 5.91 Å². The molecule has 2 heterocycles. The lowest BCUT2D eigenvalue weighted by molar-refractivity contribution is -0.122. The molecule has 6 heteroatoms. The summed E-state index contributed by atoms with van der Waals surface area (Å²) >= 11 is 6.19. The average molecular weight is 320 g/mol. The number of hydrogen-bond acceptors (Lipinski definition) is 4. The van der Waals surface area contributed by atoms with E-state index in [1.54, 1.807) is 12.0 Å². The molecule has 0 saturated heterocycles. The maximum Gasteiger partial charge on any atom is 0.237 e. The van der Waals surface area contributed by atoms with Gasteiger partial charge in [-0.25, -0.2) is 0 Å². The fourth-order valence-corrected chi connectivity index (χ4v) is 3.17. The molecule has 0 radical (unpaired) electrons. The van der Waals surface area contributed by atoms with Gasteiger partial charge >= 0.3 is 0 Å². The molecule has 0 fully saturated rings. The largest absolute Gasteiger partial charge is 0.383 e. The minimum atomic E-state index is -0.570. The molecule has 1 aromatic carbocycles. The molecule has 0 aliphatic carbocycles. The molecule has 1 aliphatic heterocycles. The monoisotopic (exact) mass is 319 g/mol. The van der Waals surface area contributed by atoms with Crippen LogP contribution in [0.2, 0.25) is 5.15 Å². The second kappa shape index (κ2) is 5.18. The summed E-state index contributed by atoms with van der Waals surface area (Å²) in [4.78, 5) is 14.5. The number of rotatable bonds is 3. The molecule has 0 atom stereocenters. The molecule has 1 aromatic heterocycles. The van der Waals surface area contributed by atoms with E-state index in [0.717, 1.165) is 27.7 Å². The number of fused-ring (bicyclic) bond motifs is 2. The van der Waals surface area contributed by atoms with Gasteiger partial charge in [-0.2, -0.15) is 5.10 Å². The summed E-state index contributed by atoms with van der Waals surface area (Å²) in [6, 6.07) is 3.96. The standard InChI is InChI=1S/C16H18ClN3O2/c1-9-10-7-12-13(8-11(10)14(17)19-18-9)20(5-6-22-4)15(21)16(12,2)3/h7-8H,5-6H2,1-4H3. The fraction of sp³-hybridized carbons (Fsp3) is 0.438. The number of carbonyl (C=O) groups is 1. The summed E-state index contributed by atoms with van der Waals surface area (Å²) in [7, 11) is 1.63. The Bertz CT molecular complexity index is 774. The highest BCUT2D eigenvalue weighted by molar-refractivity contribution is 6.34. The van der Waals surface area contributed by atoms with Gasteiger partial charge in [-0.1, -0.05) is 11.6 Å². The topological polar surface area (TPSA) is 55.3 Å². The summed E-state index contributed by atoms with van der Waals surface area (Å²) in [5, 5.41) is 10.1. The Morgan fingerprint density at radius 1 is 1.27 bits per heavy atom. The Morgan fingerprint density at radius 3 is 2.68 bits per heavy atom. The molecule has 0 saturated carbocycles. The van der Waals surface area contributed by atoms with E-state index < -0.39 is 5.41 Å².